The summed E-state index contributed by atoms with van der Waals surface area (Å²) in [5.74, 6) is -1.71. The number of hydrogen-bond acceptors (Lipinski definition) is 4. The molecule has 178 valence electrons. The van der Waals surface area contributed by atoms with Crippen LogP contribution >= 0.6 is 0 Å². The number of sulfonamides is 1. The van der Waals surface area contributed by atoms with Gasteiger partial charge in [0.2, 0.25) is 15.9 Å². The van der Waals surface area contributed by atoms with Crippen LogP contribution in [0.4, 0.5) is 5.69 Å². The number of amides is 1. The Bertz CT molecular complexity index is 1450. The minimum Gasteiger partial charge on any atom is -0.480 e. The summed E-state index contributed by atoms with van der Waals surface area (Å²) in [4.78, 5) is 23.9. The average molecular weight is 489 g/mol. The van der Waals surface area contributed by atoms with Gasteiger partial charge in [0, 0.05) is 18.7 Å². The van der Waals surface area contributed by atoms with Crippen LogP contribution in [0.25, 0.3) is 21.9 Å². The van der Waals surface area contributed by atoms with Crippen molar-refractivity contribution >= 4 is 38.4 Å². The maximum Gasteiger partial charge on any atom is 0.318 e. The monoisotopic (exact) mass is 488 g/mol. The van der Waals surface area contributed by atoms with E-state index in [9.17, 15) is 23.1 Å². The Morgan fingerprint density at radius 2 is 1.40 bits per heavy atom. The minimum atomic E-state index is -4.12. The van der Waals surface area contributed by atoms with Crippen LogP contribution in [0, 0.1) is 0 Å². The molecule has 0 aliphatic carbocycles. The van der Waals surface area contributed by atoms with Gasteiger partial charge < -0.3 is 10.4 Å². The zero-order valence-corrected chi connectivity index (χ0v) is 19.6. The minimum absolute atomic E-state index is 0.0339. The van der Waals surface area contributed by atoms with Crippen LogP contribution in [0.15, 0.2) is 102 Å². The van der Waals surface area contributed by atoms with Crippen LogP contribution < -0.4 is 5.32 Å². The van der Waals surface area contributed by atoms with Gasteiger partial charge in [0.05, 0.1) is 4.90 Å². The first-order chi connectivity index (χ1) is 16.8. The van der Waals surface area contributed by atoms with Gasteiger partial charge in [0.1, 0.15) is 6.54 Å². The third kappa shape index (κ3) is 5.92. The average Bonchev–Trinajstić information content (AvgIpc) is 2.87. The predicted molar refractivity (Wildman–Crippen MR) is 135 cm³/mol. The second-order valence-corrected chi connectivity index (χ2v) is 9.92. The highest BCUT2D eigenvalue weighted by Crippen LogP contribution is 2.23. The van der Waals surface area contributed by atoms with E-state index < -0.39 is 28.4 Å². The molecule has 0 aliphatic rings. The van der Waals surface area contributed by atoms with E-state index in [1.807, 2.05) is 66.7 Å². The molecule has 0 atom stereocenters. The second-order valence-electron chi connectivity index (χ2n) is 7.98. The van der Waals surface area contributed by atoms with Crippen LogP contribution in [-0.2, 0) is 19.6 Å². The Morgan fingerprint density at radius 1 is 0.771 bits per heavy atom. The quantitative estimate of drug-likeness (QED) is 0.358. The Hall–Kier alpha value is -4.01. The standard InChI is InChI=1S/C27H24N2O5S/c30-26(28-24-13-10-21-8-4-5-9-23(21)18-24)16-17-29(19-27(31)32)35(33,34)25-14-11-22(12-15-25)20-6-2-1-3-7-20/h1-15,18H,16-17,19H2,(H,28,30)(H,31,32). The van der Waals surface area contributed by atoms with Crippen molar-refractivity contribution in [1.82, 2.24) is 4.31 Å². The van der Waals surface area contributed by atoms with Gasteiger partial charge in [-0.05, 0) is 46.2 Å². The molecule has 0 fully saturated rings. The van der Waals surface area contributed by atoms with E-state index >= 15 is 0 Å². The second kappa shape index (κ2) is 10.5. The molecule has 1 amide bonds. The van der Waals surface area contributed by atoms with Gasteiger partial charge >= 0.3 is 5.97 Å². The molecule has 0 aliphatic heterocycles. The summed E-state index contributed by atoms with van der Waals surface area (Å²) < 4.78 is 27.1. The molecule has 0 aromatic heterocycles. The number of rotatable bonds is 9. The number of carbonyl (C=O) groups excluding carboxylic acids is 1. The summed E-state index contributed by atoms with van der Waals surface area (Å²) in [5, 5.41) is 14.0. The van der Waals surface area contributed by atoms with E-state index in [0.717, 1.165) is 26.2 Å². The topological polar surface area (TPSA) is 104 Å². The molecule has 2 N–H and O–H groups in total. The number of nitrogens with one attached hydrogen (secondary N) is 1. The number of carboxylic acids is 1. The number of benzene rings is 4. The molecule has 4 rings (SSSR count). The highest BCUT2D eigenvalue weighted by molar-refractivity contribution is 7.89. The summed E-state index contributed by atoms with van der Waals surface area (Å²) in [6.45, 7) is -1.01. The predicted octanol–water partition coefficient (Wildman–Crippen LogP) is 4.61. The molecule has 0 saturated carbocycles. The summed E-state index contributed by atoms with van der Waals surface area (Å²) in [7, 11) is -4.12. The summed E-state index contributed by atoms with van der Waals surface area (Å²) >= 11 is 0. The fourth-order valence-electron chi connectivity index (χ4n) is 3.75. The number of nitrogens with zero attached hydrogens (tertiary/aromatic N) is 1. The van der Waals surface area contributed by atoms with Gasteiger partial charge in [-0.15, -0.1) is 0 Å². The molecule has 4 aromatic rings. The van der Waals surface area contributed by atoms with Crippen molar-refractivity contribution in [3.63, 3.8) is 0 Å². The SMILES string of the molecule is O=C(O)CN(CCC(=O)Nc1ccc2ccccc2c1)S(=O)(=O)c1ccc(-c2ccccc2)cc1. The number of carbonyl (C=O) groups is 2. The first-order valence-electron chi connectivity index (χ1n) is 11.0. The molecular formula is C27H24N2O5S. The normalized spacial score (nSPS) is 11.5. The van der Waals surface area contributed by atoms with Crippen molar-refractivity contribution < 1.29 is 23.1 Å². The maximum atomic E-state index is 13.2. The van der Waals surface area contributed by atoms with Crippen LogP contribution in [-0.4, -0.2) is 42.8 Å². The molecular weight excluding hydrogens is 464 g/mol. The lowest BCUT2D eigenvalue weighted by Gasteiger charge is -2.20. The van der Waals surface area contributed by atoms with E-state index in [1.54, 1.807) is 18.2 Å². The summed E-state index contributed by atoms with van der Waals surface area (Å²) in [5.41, 5.74) is 2.35. The Balaban J connectivity index is 1.46. The van der Waals surface area contributed by atoms with Gasteiger partial charge in [-0.3, -0.25) is 9.59 Å². The number of carboxylic acid groups (broad SMARTS) is 1. The van der Waals surface area contributed by atoms with Crippen LogP contribution in [0.2, 0.25) is 0 Å². The van der Waals surface area contributed by atoms with Gasteiger partial charge in [0.25, 0.3) is 0 Å². The van der Waals surface area contributed by atoms with Crippen LogP contribution in [0.3, 0.4) is 0 Å². The fourth-order valence-corrected chi connectivity index (χ4v) is 5.14. The molecule has 0 saturated heterocycles. The van der Waals surface area contributed by atoms with Crippen molar-refractivity contribution in [3.05, 3.63) is 97.1 Å². The maximum absolute atomic E-state index is 13.2. The van der Waals surface area contributed by atoms with E-state index in [2.05, 4.69) is 5.32 Å². The van der Waals surface area contributed by atoms with Crippen molar-refractivity contribution in [3.8, 4) is 11.1 Å². The largest absolute Gasteiger partial charge is 0.480 e. The first-order valence-corrected chi connectivity index (χ1v) is 12.4. The van der Waals surface area contributed by atoms with Crippen LogP contribution in [0.1, 0.15) is 6.42 Å². The molecule has 35 heavy (non-hydrogen) atoms. The lowest BCUT2D eigenvalue weighted by molar-refractivity contribution is -0.137. The number of anilines is 1. The lowest BCUT2D eigenvalue weighted by atomic mass is 10.1. The van der Waals surface area contributed by atoms with E-state index in [-0.39, 0.29) is 17.9 Å². The van der Waals surface area contributed by atoms with Gasteiger partial charge in [-0.1, -0.05) is 72.8 Å². The first kappa shape index (κ1) is 24.1. The van der Waals surface area contributed by atoms with Gasteiger partial charge in [0.15, 0.2) is 0 Å². The number of fused-ring (bicyclic) bond motifs is 1. The Kier molecular flexibility index (Phi) is 7.24. The van der Waals surface area contributed by atoms with E-state index in [4.69, 9.17) is 0 Å². The molecule has 7 nitrogen and oxygen atoms in total. The van der Waals surface area contributed by atoms with Crippen molar-refractivity contribution in [1.29, 1.82) is 0 Å². The zero-order chi connectivity index (χ0) is 24.8. The third-order valence-electron chi connectivity index (χ3n) is 5.53. The molecule has 8 heteroatoms. The van der Waals surface area contributed by atoms with Crippen molar-refractivity contribution in [2.24, 2.45) is 0 Å². The highest BCUT2D eigenvalue weighted by Gasteiger charge is 2.27. The molecule has 0 radical (unpaired) electrons. The van der Waals surface area contributed by atoms with E-state index in [1.165, 1.54) is 12.1 Å². The molecule has 0 bridgehead atoms. The number of hydrogen-bond donors (Lipinski definition) is 2. The molecule has 0 unspecified atom stereocenters. The Labute approximate surface area is 203 Å². The number of aliphatic carboxylic acids is 1. The fraction of sp³-hybridized carbons (Fsp3) is 0.111. The van der Waals surface area contributed by atoms with Crippen LogP contribution in [0.5, 0.6) is 0 Å². The molecule has 0 heterocycles. The summed E-state index contributed by atoms with van der Waals surface area (Å²) in [6, 6.07) is 28.9. The zero-order valence-electron chi connectivity index (χ0n) is 18.8. The summed E-state index contributed by atoms with van der Waals surface area (Å²) in [6.07, 6.45) is -0.193. The Morgan fingerprint density at radius 3 is 2.09 bits per heavy atom. The van der Waals surface area contributed by atoms with Crippen molar-refractivity contribution in [2.45, 2.75) is 11.3 Å². The molecule has 0 spiro atoms. The third-order valence-corrected chi connectivity index (χ3v) is 7.39. The highest BCUT2D eigenvalue weighted by atomic mass is 32.2. The lowest BCUT2D eigenvalue weighted by Crippen LogP contribution is -2.37. The van der Waals surface area contributed by atoms with E-state index in [0.29, 0.717) is 5.69 Å². The van der Waals surface area contributed by atoms with Crippen molar-refractivity contribution in [2.75, 3.05) is 18.4 Å². The van der Waals surface area contributed by atoms with Gasteiger partial charge in [-0.25, -0.2) is 8.42 Å². The van der Waals surface area contributed by atoms with Gasteiger partial charge in [-0.2, -0.15) is 4.31 Å². The smallest absolute Gasteiger partial charge is 0.318 e. The molecule has 4 aromatic carbocycles.